The summed E-state index contributed by atoms with van der Waals surface area (Å²) in [6, 6.07) is 12.1. The minimum atomic E-state index is 0.0402. The summed E-state index contributed by atoms with van der Waals surface area (Å²) in [5.74, 6) is 1.42. The molecular weight excluding hydrogens is 364 g/mol. The van der Waals surface area contributed by atoms with Crippen LogP contribution in [0.3, 0.4) is 0 Å². The van der Waals surface area contributed by atoms with E-state index in [1.54, 1.807) is 13.2 Å². The summed E-state index contributed by atoms with van der Waals surface area (Å²) in [6.45, 7) is 9.97. The van der Waals surface area contributed by atoms with Gasteiger partial charge in [-0.3, -0.25) is 4.79 Å². The van der Waals surface area contributed by atoms with Gasteiger partial charge in [0.1, 0.15) is 0 Å². The molecule has 1 fully saturated rings. The highest BCUT2D eigenvalue weighted by atomic mass is 16.5. The first-order chi connectivity index (χ1) is 14.0. The lowest BCUT2D eigenvalue weighted by atomic mass is 10.1. The van der Waals surface area contributed by atoms with E-state index >= 15 is 0 Å². The molecule has 1 saturated heterocycles. The number of rotatable bonds is 6. The molecule has 154 valence electrons. The highest BCUT2D eigenvalue weighted by Crippen LogP contribution is 2.28. The first kappa shape index (κ1) is 20.8. The lowest BCUT2D eigenvalue weighted by Gasteiger charge is -2.36. The SMILES string of the molecule is CCOc1ccc(C=CC(=O)N2CCN(c3cccc(C)c3C)CC2)cc1OC. The molecule has 0 unspecified atom stereocenters. The maximum Gasteiger partial charge on any atom is 0.246 e. The predicted molar refractivity (Wildman–Crippen MR) is 118 cm³/mol. The number of benzene rings is 2. The summed E-state index contributed by atoms with van der Waals surface area (Å²) in [4.78, 5) is 16.9. The number of carbonyl (C=O) groups excluding carboxylic acids is 1. The standard InChI is InChI=1S/C24H30N2O3/c1-5-29-22-11-9-20(17-23(22)28-4)10-12-24(27)26-15-13-25(14-16-26)21-8-6-7-18(2)19(21)3/h6-12,17H,5,13-16H2,1-4H3. The number of methoxy groups -OCH3 is 1. The molecule has 1 aliphatic rings. The molecule has 0 N–H and O–H groups in total. The van der Waals surface area contributed by atoms with Crippen LogP contribution in [0.1, 0.15) is 23.6 Å². The Kier molecular flexibility index (Phi) is 6.81. The van der Waals surface area contributed by atoms with Gasteiger partial charge in [-0.25, -0.2) is 0 Å². The second-order valence-corrected chi connectivity index (χ2v) is 7.21. The number of carbonyl (C=O) groups is 1. The summed E-state index contributed by atoms with van der Waals surface area (Å²) >= 11 is 0. The van der Waals surface area contributed by atoms with Crippen LogP contribution in [0, 0.1) is 13.8 Å². The molecule has 1 amide bonds. The first-order valence-corrected chi connectivity index (χ1v) is 10.1. The molecule has 5 nitrogen and oxygen atoms in total. The van der Waals surface area contributed by atoms with Crippen molar-refractivity contribution in [3.8, 4) is 11.5 Å². The molecule has 5 heteroatoms. The Bertz CT molecular complexity index is 884. The van der Waals surface area contributed by atoms with Crippen LogP contribution in [0.15, 0.2) is 42.5 Å². The molecule has 1 heterocycles. The van der Waals surface area contributed by atoms with E-state index in [4.69, 9.17) is 9.47 Å². The zero-order chi connectivity index (χ0) is 20.8. The van der Waals surface area contributed by atoms with E-state index in [1.807, 2.05) is 36.1 Å². The summed E-state index contributed by atoms with van der Waals surface area (Å²) in [7, 11) is 1.62. The third-order valence-electron chi connectivity index (χ3n) is 5.41. The van der Waals surface area contributed by atoms with Crippen LogP contribution in [0.2, 0.25) is 0 Å². The molecule has 29 heavy (non-hydrogen) atoms. The van der Waals surface area contributed by atoms with Gasteiger partial charge in [-0.1, -0.05) is 18.2 Å². The fourth-order valence-electron chi connectivity index (χ4n) is 3.58. The Balaban J connectivity index is 1.60. The highest BCUT2D eigenvalue weighted by molar-refractivity contribution is 5.92. The van der Waals surface area contributed by atoms with E-state index in [-0.39, 0.29) is 5.91 Å². The van der Waals surface area contributed by atoms with Gasteiger partial charge in [-0.2, -0.15) is 0 Å². The lowest BCUT2D eigenvalue weighted by Crippen LogP contribution is -2.48. The minimum absolute atomic E-state index is 0.0402. The van der Waals surface area contributed by atoms with Gasteiger partial charge < -0.3 is 19.3 Å². The number of hydrogen-bond donors (Lipinski definition) is 0. The number of aryl methyl sites for hydroxylation is 1. The maximum atomic E-state index is 12.6. The van der Waals surface area contributed by atoms with E-state index in [0.29, 0.717) is 18.1 Å². The van der Waals surface area contributed by atoms with Crippen molar-refractivity contribution in [2.24, 2.45) is 0 Å². The zero-order valence-electron chi connectivity index (χ0n) is 17.8. The molecule has 2 aromatic rings. The maximum absolute atomic E-state index is 12.6. The van der Waals surface area contributed by atoms with Crippen LogP contribution in [-0.2, 0) is 4.79 Å². The van der Waals surface area contributed by atoms with Crippen molar-refractivity contribution in [2.45, 2.75) is 20.8 Å². The summed E-state index contributed by atoms with van der Waals surface area (Å²) < 4.78 is 10.9. The van der Waals surface area contributed by atoms with Gasteiger partial charge in [0.15, 0.2) is 11.5 Å². The van der Waals surface area contributed by atoms with Gasteiger partial charge in [-0.15, -0.1) is 0 Å². The van der Waals surface area contributed by atoms with Crippen LogP contribution < -0.4 is 14.4 Å². The molecule has 0 radical (unpaired) electrons. The van der Waals surface area contributed by atoms with Gasteiger partial charge in [0.25, 0.3) is 0 Å². The quantitative estimate of drug-likeness (QED) is 0.693. The Morgan fingerprint density at radius 3 is 2.52 bits per heavy atom. The van der Waals surface area contributed by atoms with Gasteiger partial charge in [-0.05, 0) is 61.7 Å². The lowest BCUT2D eigenvalue weighted by molar-refractivity contribution is -0.126. The average Bonchev–Trinajstić information content (AvgIpc) is 2.75. The van der Waals surface area contributed by atoms with Crippen molar-refractivity contribution >= 4 is 17.7 Å². The molecule has 0 aliphatic carbocycles. The third-order valence-corrected chi connectivity index (χ3v) is 5.41. The fourth-order valence-corrected chi connectivity index (χ4v) is 3.58. The van der Waals surface area contributed by atoms with Gasteiger partial charge in [0, 0.05) is 37.9 Å². The average molecular weight is 395 g/mol. The molecule has 0 atom stereocenters. The second-order valence-electron chi connectivity index (χ2n) is 7.21. The zero-order valence-corrected chi connectivity index (χ0v) is 17.8. The summed E-state index contributed by atoms with van der Waals surface area (Å²) in [6.07, 6.45) is 3.47. The van der Waals surface area contributed by atoms with Crippen molar-refractivity contribution in [1.29, 1.82) is 0 Å². The van der Waals surface area contributed by atoms with E-state index < -0.39 is 0 Å². The normalized spacial score (nSPS) is 14.3. The minimum Gasteiger partial charge on any atom is -0.493 e. The Morgan fingerprint density at radius 2 is 1.83 bits per heavy atom. The van der Waals surface area contributed by atoms with Crippen molar-refractivity contribution in [2.75, 3.05) is 44.8 Å². The van der Waals surface area contributed by atoms with Crippen LogP contribution in [0.25, 0.3) is 6.08 Å². The van der Waals surface area contributed by atoms with E-state index in [9.17, 15) is 4.79 Å². The van der Waals surface area contributed by atoms with Crippen LogP contribution in [0.5, 0.6) is 11.5 Å². The fraction of sp³-hybridized carbons (Fsp3) is 0.375. The first-order valence-electron chi connectivity index (χ1n) is 10.1. The molecule has 0 bridgehead atoms. The van der Waals surface area contributed by atoms with Gasteiger partial charge in [0.2, 0.25) is 5.91 Å². The molecular formula is C24H30N2O3. The number of anilines is 1. The molecule has 2 aromatic carbocycles. The number of nitrogens with zero attached hydrogens (tertiary/aromatic N) is 2. The Labute approximate surface area is 173 Å². The third kappa shape index (κ3) is 4.91. The van der Waals surface area contributed by atoms with Crippen LogP contribution >= 0.6 is 0 Å². The van der Waals surface area contributed by atoms with E-state index in [2.05, 4.69) is 36.9 Å². The van der Waals surface area contributed by atoms with Crippen molar-refractivity contribution < 1.29 is 14.3 Å². The molecule has 0 aromatic heterocycles. The molecule has 1 aliphatic heterocycles. The Hall–Kier alpha value is -2.95. The molecule has 3 rings (SSSR count). The topological polar surface area (TPSA) is 42.0 Å². The molecule has 0 spiro atoms. The van der Waals surface area contributed by atoms with Crippen molar-refractivity contribution in [3.63, 3.8) is 0 Å². The highest BCUT2D eigenvalue weighted by Gasteiger charge is 2.21. The van der Waals surface area contributed by atoms with Crippen LogP contribution in [-0.4, -0.2) is 50.7 Å². The summed E-state index contributed by atoms with van der Waals surface area (Å²) in [5.41, 5.74) is 4.80. The van der Waals surface area contributed by atoms with E-state index in [1.165, 1.54) is 16.8 Å². The second kappa shape index (κ2) is 9.50. The monoisotopic (exact) mass is 394 g/mol. The Morgan fingerprint density at radius 1 is 1.07 bits per heavy atom. The van der Waals surface area contributed by atoms with Crippen LogP contribution in [0.4, 0.5) is 5.69 Å². The van der Waals surface area contributed by atoms with Gasteiger partial charge in [0.05, 0.1) is 13.7 Å². The molecule has 0 saturated carbocycles. The van der Waals surface area contributed by atoms with Crippen molar-refractivity contribution in [3.05, 3.63) is 59.2 Å². The number of ether oxygens (including phenoxy) is 2. The number of piperazine rings is 1. The number of hydrogen-bond acceptors (Lipinski definition) is 4. The van der Waals surface area contributed by atoms with E-state index in [0.717, 1.165) is 31.7 Å². The van der Waals surface area contributed by atoms with Gasteiger partial charge >= 0.3 is 0 Å². The van der Waals surface area contributed by atoms with Crippen molar-refractivity contribution in [1.82, 2.24) is 4.90 Å². The smallest absolute Gasteiger partial charge is 0.246 e. The number of amides is 1. The predicted octanol–water partition coefficient (Wildman–Crippen LogP) is 4.07. The summed E-state index contributed by atoms with van der Waals surface area (Å²) in [5, 5.41) is 0. The largest absolute Gasteiger partial charge is 0.493 e.